The molecular weight excluding hydrogens is 149 g/mol. The van der Waals surface area contributed by atoms with Crippen molar-refractivity contribution < 1.29 is 0 Å². The molecule has 0 rings (SSSR count). The van der Waals surface area contributed by atoms with Crippen molar-refractivity contribution in [2.45, 2.75) is 24.3 Å². The molecule has 2 nitrogen and oxygen atoms in total. The van der Waals surface area contributed by atoms with Gasteiger partial charge >= 0.3 is 52.2 Å². The molecule has 0 aliphatic heterocycles. The van der Waals surface area contributed by atoms with E-state index in [2.05, 4.69) is 0 Å². The van der Waals surface area contributed by atoms with Crippen LogP contribution >= 0.6 is 0 Å². The summed E-state index contributed by atoms with van der Waals surface area (Å²) in [5.74, 6) is 0. The van der Waals surface area contributed by atoms with E-state index in [0.717, 1.165) is 6.42 Å². The molecule has 2 radical (unpaired) electrons. The molecule has 0 spiro atoms. The van der Waals surface area contributed by atoms with Gasteiger partial charge in [-0.25, -0.2) is 0 Å². The standard InChI is InChI=1S/C4H12GeN2/c5-3-1-2-4(6)7/h4-5H,1-3,6-7H2. The number of hydrogen-bond donors (Lipinski definition) is 2. The van der Waals surface area contributed by atoms with E-state index in [1.807, 2.05) is 0 Å². The first-order chi connectivity index (χ1) is 3.27. The van der Waals surface area contributed by atoms with Gasteiger partial charge in [0.25, 0.3) is 0 Å². The first-order valence-electron chi connectivity index (χ1n) is 2.48. The van der Waals surface area contributed by atoms with Crippen LogP contribution in [0.15, 0.2) is 0 Å². The summed E-state index contributed by atoms with van der Waals surface area (Å²) in [5.41, 5.74) is 10.5. The summed E-state index contributed by atoms with van der Waals surface area (Å²) in [6, 6.07) is 0. The van der Waals surface area contributed by atoms with Gasteiger partial charge < -0.3 is 0 Å². The Morgan fingerprint density at radius 3 is 2.14 bits per heavy atom. The molecule has 0 heterocycles. The number of rotatable bonds is 3. The molecule has 0 unspecified atom stereocenters. The van der Waals surface area contributed by atoms with Crippen LogP contribution in [0, 0.1) is 0 Å². The van der Waals surface area contributed by atoms with Crippen LogP contribution in [0.3, 0.4) is 0 Å². The van der Waals surface area contributed by atoms with E-state index in [1.165, 1.54) is 11.7 Å². The van der Waals surface area contributed by atoms with Crippen LogP contribution in [-0.2, 0) is 0 Å². The molecule has 0 aromatic carbocycles. The van der Waals surface area contributed by atoms with Crippen molar-refractivity contribution in [2.75, 3.05) is 0 Å². The average molecular weight is 161 g/mol. The van der Waals surface area contributed by atoms with Gasteiger partial charge in [-0.15, -0.1) is 0 Å². The van der Waals surface area contributed by atoms with Gasteiger partial charge in [0.15, 0.2) is 0 Å². The van der Waals surface area contributed by atoms with E-state index in [1.54, 1.807) is 16.5 Å². The summed E-state index contributed by atoms with van der Waals surface area (Å²) in [6.45, 7) is 0. The summed E-state index contributed by atoms with van der Waals surface area (Å²) in [5, 5.41) is 1.25. The van der Waals surface area contributed by atoms with Crippen LogP contribution < -0.4 is 11.5 Å². The topological polar surface area (TPSA) is 52.0 Å². The van der Waals surface area contributed by atoms with Gasteiger partial charge in [0.1, 0.15) is 0 Å². The Kier molecular flexibility index (Phi) is 4.92. The van der Waals surface area contributed by atoms with Crippen LogP contribution in [0.2, 0.25) is 5.25 Å². The van der Waals surface area contributed by atoms with Gasteiger partial charge in [-0.05, 0) is 0 Å². The van der Waals surface area contributed by atoms with Gasteiger partial charge in [0.2, 0.25) is 0 Å². The van der Waals surface area contributed by atoms with Crippen molar-refractivity contribution in [2.24, 2.45) is 11.5 Å². The molecule has 0 bridgehead atoms. The number of nitrogens with two attached hydrogens (primary N) is 2. The fraction of sp³-hybridized carbons (Fsp3) is 1.00. The van der Waals surface area contributed by atoms with Gasteiger partial charge in [-0.1, -0.05) is 0 Å². The van der Waals surface area contributed by atoms with Gasteiger partial charge in [0.05, 0.1) is 0 Å². The Bertz CT molecular complexity index is 38.7. The molecule has 0 aromatic heterocycles. The molecule has 0 saturated carbocycles. The molecule has 0 aliphatic carbocycles. The average Bonchev–Trinajstić information content (AvgIpc) is 1.61. The quantitative estimate of drug-likeness (QED) is 0.425. The zero-order valence-corrected chi connectivity index (χ0v) is 6.85. The van der Waals surface area contributed by atoms with Crippen molar-refractivity contribution in [1.82, 2.24) is 0 Å². The van der Waals surface area contributed by atoms with E-state index in [9.17, 15) is 0 Å². The van der Waals surface area contributed by atoms with Crippen molar-refractivity contribution in [3.63, 3.8) is 0 Å². The second-order valence-electron chi connectivity index (χ2n) is 1.59. The Morgan fingerprint density at radius 2 is 2.00 bits per heavy atom. The molecule has 3 heteroatoms. The normalized spacial score (nSPS) is 10.3. The minimum absolute atomic E-state index is 0.0873. The van der Waals surface area contributed by atoms with Gasteiger partial charge in [-0.2, -0.15) is 0 Å². The van der Waals surface area contributed by atoms with E-state index in [-0.39, 0.29) is 6.17 Å². The van der Waals surface area contributed by atoms with E-state index < -0.39 is 0 Å². The van der Waals surface area contributed by atoms with Crippen molar-refractivity contribution in [1.29, 1.82) is 0 Å². The molecule has 0 aromatic rings. The molecular formula is C4H12GeN2. The van der Waals surface area contributed by atoms with E-state index in [0.29, 0.717) is 0 Å². The van der Waals surface area contributed by atoms with E-state index >= 15 is 0 Å². The third kappa shape index (κ3) is 6.46. The van der Waals surface area contributed by atoms with E-state index in [4.69, 9.17) is 11.5 Å². The first-order valence-corrected chi connectivity index (χ1v) is 4.20. The molecule has 0 atom stereocenters. The summed E-state index contributed by atoms with van der Waals surface area (Å²) >= 11 is 1.75. The van der Waals surface area contributed by atoms with Crippen LogP contribution in [-0.4, -0.2) is 22.7 Å². The van der Waals surface area contributed by atoms with Gasteiger partial charge in [-0.3, -0.25) is 0 Å². The molecule has 0 saturated heterocycles. The van der Waals surface area contributed by atoms with Crippen LogP contribution in [0.1, 0.15) is 12.8 Å². The Labute approximate surface area is 52.9 Å². The monoisotopic (exact) mass is 162 g/mol. The molecule has 4 N–H and O–H groups in total. The summed E-state index contributed by atoms with van der Waals surface area (Å²) < 4.78 is 0. The maximum absolute atomic E-state index is 5.26. The Balaban J connectivity index is 2.68. The van der Waals surface area contributed by atoms with Crippen LogP contribution in [0.25, 0.3) is 0 Å². The third-order valence-electron chi connectivity index (χ3n) is 0.742. The SMILES string of the molecule is NC(N)CC[CH2][GeH]. The summed E-state index contributed by atoms with van der Waals surface area (Å²) in [6.07, 6.45) is 2.06. The third-order valence-corrected chi connectivity index (χ3v) is 1.60. The zero-order valence-electron chi connectivity index (χ0n) is 4.43. The molecule has 0 fully saturated rings. The molecule has 0 aliphatic rings. The van der Waals surface area contributed by atoms with Crippen LogP contribution in [0.5, 0.6) is 0 Å². The minimum atomic E-state index is -0.0873. The van der Waals surface area contributed by atoms with Crippen molar-refractivity contribution in [3.8, 4) is 0 Å². The summed E-state index contributed by atoms with van der Waals surface area (Å²) in [4.78, 5) is 0. The van der Waals surface area contributed by atoms with Crippen molar-refractivity contribution >= 4 is 16.5 Å². The fourth-order valence-electron chi connectivity index (χ4n) is 0.354. The Hall–Kier alpha value is 0.463. The first kappa shape index (κ1) is 7.46. The predicted octanol–water partition coefficient (Wildman–Crippen LogP) is -0.671. The van der Waals surface area contributed by atoms with Gasteiger partial charge in [0, 0.05) is 0 Å². The molecule has 0 amide bonds. The second-order valence-corrected chi connectivity index (χ2v) is 2.81. The number of hydrogen-bond acceptors (Lipinski definition) is 2. The van der Waals surface area contributed by atoms with Crippen LogP contribution in [0.4, 0.5) is 0 Å². The predicted molar refractivity (Wildman–Crippen MR) is 33.4 cm³/mol. The fourth-order valence-corrected chi connectivity index (χ4v) is 0.848. The molecule has 42 valence electrons. The maximum atomic E-state index is 5.26. The molecule has 7 heavy (non-hydrogen) atoms. The summed E-state index contributed by atoms with van der Waals surface area (Å²) in [7, 11) is 0. The zero-order chi connectivity index (χ0) is 5.70. The second kappa shape index (κ2) is 4.62. The van der Waals surface area contributed by atoms with Crippen molar-refractivity contribution in [3.05, 3.63) is 0 Å². The Morgan fingerprint density at radius 1 is 1.43 bits per heavy atom.